The molecule has 2 fully saturated rings. The number of hydrogen-bond donors (Lipinski definition) is 2. The third-order valence-electron chi connectivity index (χ3n) is 3.16. The summed E-state index contributed by atoms with van der Waals surface area (Å²) in [4.78, 5) is 0. The predicted octanol–water partition coefficient (Wildman–Crippen LogP) is -0.439. The Balaban J connectivity index is 0.000000853. The van der Waals surface area contributed by atoms with Crippen molar-refractivity contribution in [2.24, 2.45) is 5.92 Å². The van der Waals surface area contributed by atoms with Gasteiger partial charge in [0.05, 0.1) is 18.6 Å². The lowest BCUT2D eigenvalue weighted by molar-refractivity contribution is 0.164. The monoisotopic (exact) mass is 232 g/mol. The Bertz CT molecular complexity index is 346. The second-order valence-corrected chi connectivity index (χ2v) is 3.94. The molecule has 2 saturated heterocycles. The van der Waals surface area contributed by atoms with E-state index in [0.29, 0.717) is 18.4 Å². The van der Waals surface area contributed by atoms with Gasteiger partial charge in [0.15, 0.2) is 0 Å². The van der Waals surface area contributed by atoms with Crippen LogP contribution < -0.4 is 11.1 Å². The SMILES string of the molecule is Cl.Nc1nnc([C@]23CNC[C@H]2COC3)o1. The average molecular weight is 233 g/mol. The van der Waals surface area contributed by atoms with Crippen LogP contribution in [-0.2, 0) is 10.2 Å². The number of hydrogen-bond acceptors (Lipinski definition) is 6. The van der Waals surface area contributed by atoms with Gasteiger partial charge in [0.1, 0.15) is 0 Å². The molecule has 0 spiro atoms. The van der Waals surface area contributed by atoms with E-state index in [1.54, 1.807) is 0 Å². The van der Waals surface area contributed by atoms with E-state index in [0.717, 1.165) is 19.7 Å². The van der Waals surface area contributed by atoms with Gasteiger partial charge in [-0.3, -0.25) is 0 Å². The van der Waals surface area contributed by atoms with Crippen LogP contribution in [0.25, 0.3) is 0 Å². The van der Waals surface area contributed by atoms with Crippen LogP contribution in [0, 0.1) is 5.92 Å². The highest BCUT2D eigenvalue weighted by Gasteiger charge is 2.52. The molecule has 0 saturated carbocycles. The molecule has 0 radical (unpaired) electrons. The highest BCUT2D eigenvalue weighted by atomic mass is 35.5. The summed E-state index contributed by atoms with van der Waals surface area (Å²) in [5.41, 5.74) is 5.29. The van der Waals surface area contributed by atoms with Gasteiger partial charge < -0.3 is 20.2 Å². The van der Waals surface area contributed by atoms with Crippen LogP contribution >= 0.6 is 12.4 Å². The molecule has 7 heteroatoms. The maximum Gasteiger partial charge on any atom is 0.312 e. The van der Waals surface area contributed by atoms with Crippen molar-refractivity contribution < 1.29 is 9.15 Å². The second kappa shape index (κ2) is 3.62. The van der Waals surface area contributed by atoms with Gasteiger partial charge in [0, 0.05) is 19.0 Å². The summed E-state index contributed by atoms with van der Waals surface area (Å²) in [7, 11) is 0. The summed E-state index contributed by atoms with van der Waals surface area (Å²) in [6, 6.07) is 0.131. The van der Waals surface area contributed by atoms with Gasteiger partial charge in [-0.1, -0.05) is 5.10 Å². The molecule has 2 aliphatic rings. The number of fused-ring (bicyclic) bond motifs is 1. The third-order valence-corrected chi connectivity index (χ3v) is 3.16. The van der Waals surface area contributed by atoms with Crippen LogP contribution in [0.5, 0.6) is 0 Å². The molecule has 0 amide bonds. The van der Waals surface area contributed by atoms with E-state index < -0.39 is 0 Å². The van der Waals surface area contributed by atoms with E-state index in [2.05, 4.69) is 15.5 Å². The number of nitrogens with two attached hydrogens (primary N) is 1. The molecule has 84 valence electrons. The van der Waals surface area contributed by atoms with Crippen molar-refractivity contribution in [3.8, 4) is 0 Å². The van der Waals surface area contributed by atoms with E-state index in [1.165, 1.54) is 0 Å². The number of anilines is 1. The Hall–Kier alpha value is -0.850. The number of halogens is 1. The fourth-order valence-electron chi connectivity index (χ4n) is 2.33. The normalized spacial score (nSPS) is 33.7. The average Bonchev–Trinajstić information content (AvgIpc) is 2.75. The van der Waals surface area contributed by atoms with Crippen molar-refractivity contribution in [2.45, 2.75) is 5.41 Å². The molecule has 0 aromatic carbocycles. The van der Waals surface area contributed by atoms with Crippen LogP contribution in [0.15, 0.2) is 4.42 Å². The van der Waals surface area contributed by atoms with E-state index in [-0.39, 0.29) is 23.8 Å². The molecular weight excluding hydrogens is 220 g/mol. The lowest BCUT2D eigenvalue weighted by Crippen LogP contribution is -2.35. The van der Waals surface area contributed by atoms with Crippen LogP contribution in [0.2, 0.25) is 0 Å². The minimum Gasteiger partial charge on any atom is -0.408 e. The Morgan fingerprint density at radius 2 is 2.33 bits per heavy atom. The van der Waals surface area contributed by atoms with Crippen LogP contribution in [-0.4, -0.2) is 36.5 Å². The first kappa shape index (κ1) is 10.7. The fourth-order valence-corrected chi connectivity index (χ4v) is 2.33. The van der Waals surface area contributed by atoms with Gasteiger partial charge in [-0.15, -0.1) is 17.5 Å². The topological polar surface area (TPSA) is 86.2 Å². The largest absolute Gasteiger partial charge is 0.408 e. The summed E-state index contributed by atoms with van der Waals surface area (Å²) in [5.74, 6) is 1.05. The van der Waals surface area contributed by atoms with Crippen molar-refractivity contribution in [1.82, 2.24) is 15.5 Å². The predicted molar refractivity (Wildman–Crippen MR) is 54.8 cm³/mol. The molecule has 1 aromatic heterocycles. The molecule has 3 N–H and O–H groups in total. The zero-order valence-corrected chi connectivity index (χ0v) is 8.92. The lowest BCUT2D eigenvalue weighted by atomic mass is 9.81. The number of rotatable bonds is 1. The van der Waals surface area contributed by atoms with Gasteiger partial charge in [-0.05, 0) is 0 Å². The summed E-state index contributed by atoms with van der Waals surface area (Å²) in [6.07, 6.45) is 0. The standard InChI is InChI=1S/C8H12N4O2.ClH/c9-7-12-11-6(14-7)8-3-10-1-5(8)2-13-4-8;/h5,10H,1-4H2,(H2,9,12);1H/t5-,8-;/m0./s1. The highest BCUT2D eigenvalue weighted by molar-refractivity contribution is 5.85. The fraction of sp³-hybridized carbons (Fsp3) is 0.750. The summed E-state index contributed by atoms with van der Waals surface area (Å²) in [5, 5.41) is 11.0. The first-order valence-corrected chi connectivity index (χ1v) is 4.69. The molecule has 2 aliphatic heterocycles. The van der Waals surface area contributed by atoms with E-state index in [4.69, 9.17) is 14.9 Å². The Morgan fingerprint density at radius 1 is 1.47 bits per heavy atom. The number of aromatic nitrogens is 2. The van der Waals surface area contributed by atoms with Crippen LogP contribution in [0.4, 0.5) is 6.01 Å². The van der Waals surface area contributed by atoms with Gasteiger partial charge >= 0.3 is 6.01 Å². The Morgan fingerprint density at radius 3 is 3.07 bits per heavy atom. The molecule has 2 atom stereocenters. The minimum atomic E-state index is -0.134. The molecule has 0 aliphatic carbocycles. The summed E-state index contributed by atoms with van der Waals surface area (Å²) >= 11 is 0. The lowest BCUT2D eigenvalue weighted by Gasteiger charge is -2.20. The van der Waals surface area contributed by atoms with Gasteiger partial charge in [0.2, 0.25) is 5.89 Å². The number of ether oxygens (including phenoxy) is 1. The van der Waals surface area contributed by atoms with Crippen molar-refractivity contribution in [1.29, 1.82) is 0 Å². The zero-order valence-electron chi connectivity index (χ0n) is 8.10. The highest BCUT2D eigenvalue weighted by Crippen LogP contribution is 2.39. The van der Waals surface area contributed by atoms with E-state index in [1.807, 2.05) is 0 Å². The first-order valence-electron chi connectivity index (χ1n) is 4.69. The molecule has 6 nitrogen and oxygen atoms in total. The van der Waals surface area contributed by atoms with Gasteiger partial charge in [0.25, 0.3) is 0 Å². The number of nitrogens with zero attached hydrogens (tertiary/aromatic N) is 2. The molecule has 0 unspecified atom stereocenters. The molecule has 3 rings (SSSR count). The number of nitrogens with one attached hydrogen (secondary N) is 1. The summed E-state index contributed by atoms with van der Waals surface area (Å²) in [6.45, 7) is 3.18. The van der Waals surface area contributed by atoms with E-state index in [9.17, 15) is 0 Å². The minimum absolute atomic E-state index is 0. The quantitative estimate of drug-likeness (QED) is 0.683. The Labute approximate surface area is 93.0 Å². The van der Waals surface area contributed by atoms with E-state index >= 15 is 0 Å². The molecule has 0 bridgehead atoms. The molecular formula is C8H13ClN4O2. The smallest absolute Gasteiger partial charge is 0.312 e. The molecule has 3 heterocycles. The van der Waals surface area contributed by atoms with Crippen molar-refractivity contribution in [3.63, 3.8) is 0 Å². The zero-order chi connectivity index (χ0) is 9.60. The van der Waals surface area contributed by atoms with Crippen LogP contribution in [0.3, 0.4) is 0 Å². The van der Waals surface area contributed by atoms with Crippen molar-refractivity contribution in [3.05, 3.63) is 5.89 Å². The van der Waals surface area contributed by atoms with Gasteiger partial charge in [-0.25, -0.2) is 0 Å². The van der Waals surface area contributed by atoms with Crippen molar-refractivity contribution in [2.75, 3.05) is 32.0 Å². The maximum absolute atomic E-state index is 5.47. The van der Waals surface area contributed by atoms with Crippen molar-refractivity contribution >= 4 is 18.4 Å². The first-order chi connectivity index (χ1) is 6.81. The van der Waals surface area contributed by atoms with Crippen LogP contribution in [0.1, 0.15) is 5.89 Å². The second-order valence-electron chi connectivity index (χ2n) is 3.94. The molecule has 15 heavy (non-hydrogen) atoms. The third kappa shape index (κ3) is 1.40. The number of nitrogen functional groups attached to an aromatic ring is 1. The molecule has 1 aromatic rings. The Kier molecular flexibility index (Phi) is 2.57. The van der Waals surface area contributed by atoms with Gasteiger partial charge in [-0.2, -0.15) is 0 Å². The maximum atomic E-state index is 5.47. The summed E-state index contributed by atoms with van der Waals surface area (Å²) < 4.78 is 10.8.